The van der Waals surface area contributed by atoms with E-state index in [2.05, 4.69) is 4.98 Å². The highest BCUT2D eigenvalue weighted by Gasteiger charge is 2.05. The van der Waals surface area contributed by atoms with Crippen LogP contribution in [0.25, 0.3) is 0 Å². The second kappa shape index (κ2) is 8.15. The molecule has 0 saturated carbocycles. The van der Waals surface area contributed by atoms with Crippen LogP contribution in [0.2, 0.25) is 0 Å². The van der Waals surface area contributed by atoms with Crippen LogP contribution in [-0.2, 0) is 0 Å². The highest BCUT2D eigenvalue weighted by Crippen LogP contribution is 2.07. The summed E-state index contributed by atoms with van der Waals surface area (Å²) >= 11 is 0. The van der Waals surface area contributed by atoms with Crippen LogP contribution in [0, 0.1) is 0 Å². The summed E-state index contributed by atoms with van der Waals surface area (Å²) in [6, 6.07) is 4.47. The summed E-state index contributed by atoms with van der Waals surface area (Å²) < 4.78 is 5.16. The van der Waals surface area contributed by atoms with Crippen molar-refractivity contribution in [2.45, 2.75) is 13.0 Å². The molecule has 1 aromatic heterocycles. The summed E-state index contributed by atoms with van der Waals surface area (Å²) in [5, 5.41) is 8.64. The summed E-state index contributed by atoms with van der Waals surface area (Å²) in [6.07, 6.45) is 0. The molecule has 1 rings (SSSR count). The zero-order chi connectivity index (χ0) is 10.6. The molecule has 1 atom stereocenters. The normalized spacial score (nSPS) is 10.6. The molecule has 1 heterocycles. The topological polar surface area (TPSA) is 85.4 Å². The largest absolute Gasteiger partial charge is 0.477 e. The number of hydrogen-bond acceptors (Lipinski definition) is 4. The Morgan fingerprint density at radius 2 is 2.19 bits per heavy atom. The number of nitrogens with two attached hydrogens (primary N) is 1. The van der Waals surface area contributed by atoms with Crippen molar-refractivity contribution in [3.8, 4) is 5.88 Å². The molecular formula is C9H14Cl2N2O3. The Hall–Kier alpha value is -1.04. The number of halogens is 2. The number of aromatic carboxylic acids is 1. The minimum atomic E-state index is -1.07. The van der Waals surface area contributed by atoms with Crippen molar-refractivity contribution in [3.05, 3.63) is 23.9 Å². The van der Waals surface area contributed by atoms with Crippen molar-refractivity contribution in [2.75, 3.05) is 6.61 Å². The van der Waals surface area contributed by atoms with E-state index in [4.69, 9.17) is 15.6 Å². The van der Waals surface area contributed by atoms with Gasteiger partial charge in [-0.2, -0.15) is 0 Å². The van der Waals surface area contributed by atoms with Crippen LogP contribution in [0.1, 0.15) is 17.4 Å². The first-order chi connectivity index (χ1) is 6.59. The maximum absolute atomic E-state index is 10.5. The molecule has 0 bridgehead atoms. The van der Waals surface area contributed by atoms with Crippen molar-refractivity contribution in [3.63, 3.8) is 0 Å². The average Bonchev–Trinajstić information content (AvgIpc) is 2.15. The number of rotatable bonds is 4. The van der Waals surface area contributed by atoms with Gasteiger partial charge in [-0.25, -0.2) is 9.78 Å². The van der Waals surface area contributed by atoms with Crippen molar-refractivity contribution in [2.24, 2.45) is 5.73 Å². The number of carboxylic acid groups (broad SMARTS) is 1. The summed E-state index contributed by atoms with van der Waals surface area (Å²) in [6.45, 7) is 2.11. The molecule has 0 amide bonds. The highest BCUT2D eigenvalue weighted by atomic mass is 35.5. The Morgan fingerprint density at radius 1 is 1.56 bits per heavy atom. The van der Waals surface area contributed by atoms with Crippen molar-refractivity contribution >= 4 is 30.8 Å². The van der Waals surface area contributed by atoms with E-state index in [1.165, 1.54) is 6.07 Å². The lowest BCUT2D eigenvalue weighted by Gasteiger charge is -2.07. The summed E-state index contributed by atoms with van der Waals surface area (Å²) in [5.74, 6) is -0.793. The zero-order valence-electron chi connectivity index (χ0n) is 8.62. The molecule has 0 saturated heterocycles. The second-order valence-corrected chi connectivity index (χ2v) is 2.95. The fourth-order valence-electron chi connectivity index (χ4n) is 0.831. The molecule has 0 fully saturated rings. The molecule has 0 aliphatic rings. The molecule has 7 heteroatoms. The van der Waals surface area contributed by atoms with Crippen LogP contribution in [0.5, 0.6) is 5.88 Å². The van der Waals surface area contributed by atoms with Gasteiger partial charge in [-0.05, 0) is 13.0 Å². The minimum absolute atomic E-state index is 0. The summed E-state index contributed by atoms with van der Waals surface area (Å²) in [7, 11) is 0. The van der Waals surface area contributed by atoms with E-state index in [9.17, 15) is 4.79 Å². The van der Waals surface area contributed by atoms with E-state index in [-0.39, 0.29) is 42.4 Å². The quantitative estimate of drug-likeness (QED) is 0.861. The Bertz CT molecular complexity index is 334. The van der Waals surface area contributed by atoms with E-state index in [1.54, 1.807) is 19.1 Å². The lowest BCUT2D eigenvalue weighted by molar-refractivity contribution is 0.0689. The van der Waals surface area contributed by atoms with E-state index in [0.29, 0.717) is 6.61 Å². The molecule has 1 aromatic rings. The standard InChI is InChI=1S/C9H12N2O3.2ClH/c1-6(10)5-14-8-4-2-3-7(11-8)9(12)13;;/h2-4,6H,5,10H2,1H3,(H,12,13);2*1H/t6-;;/m1../s1. The lowest BCUT2D eigenvalue weighted by atomic mass is 10.3. The van der Waals surface area contributed by atoms with Gasteiger partial charge in [0.25, 0.3) is 0 Å². The minimum Gasteiger partial charge on any atom is -0.477 e. The third-order valence-corrected chi connectivity index (χ3v) is 1.44. The van der Waals surface area contributed by atoms with Crippen LogP contribution in [0.3, 0.4) is 0 Å². The number of carbonyl (C=O) groups is 1. The van der Waals surface area contributed by atoms with Crippen LogP contribution >= 0.6 is 24.8 Å². The maximum Gasteiger partial charge on any atom is 0.354 e. The van der Waals surface area contributed by atoms with Gasteiger partial charge in [0.15, 0.2) is 5.69 Å². The maximum atomic E-state index is 10.5. The van der Waals surface area contributed by atoms with Gasteiger partial charge in [-0.3, -0.25) is 0 Å². The Kier molecular flexibility index (Phi) is 8.84. The number of hydrogen-bond donors (Lipinski definition) is 2. The van der Waals surface area contributed by atoms with Gasteiger partial charge in [-0.1, -0.05) is 6.07 Å². The Balaban J connectivity index is 0. The Morgan fingerprint density at radius 3 is 2.69 bits per heavy atom. The van der Waals surface area contributed by atoms with Crippen molar-refractivity contribution < 1.29 is 14.6 Å². The van der Waals surface area contributed by atoms with Gasteiger partial charge < -0.3 is 15.6 Å². The van der Waals surface area contributed by atoms with E-state index < -0.39 is 5.97 Å². The predicted molar refractivity (Wildman–Crippen MR) is 64.8 cm³/mol. The third kappa shape index (κ3) is 5.75. The molecule has 0 aliphatic carbocycles. The molecular weight excluding hydrogens is 255 g/mol. The first-order valence-electron chi connectivity index (χ1n) is 4.18. The van der Waals surface area contributed by atoms with Crippen LogP contribution < -0.4 is 10.5 Å². The van der Waals surface area contributed by atoms with Gasteiger partial charge in [0.05, 0.1) is 0 Å². The first kappa shape index (κ1) is 17.4. The molecule has 16 heavy (non-hydrogen) atoms. The highest BCUT2D eigenvalue weighted by molar-refractivity contribution is 5.86. The zero-order valence-corrected chi connectivity index (χ0v) is 10.3. The Labute approximate surface area is 106 Å². The molecule has 92 valence electrons. The van der Waals surface area contributed by atoms with Gasteiger partial charge in [0.1, 0.15) is 6.61 Å². The molecule has 0 radical (unpaired) electrons. The monoisotopic (exact) mass is 268 g/mol. The average molecular weight is 269 g/mol. The SMILES string of the molecule is C[C@@H](N)COc1cccc(C(=O)O)n1.Cl.Cl. The molecule has 3 N–H and O–H groups in total. The van der Waals surface area contributed by atoms with Crippen LogP contribution in [-0.4, -0.2) is 28.7 Å². The summed E-state index contributed by atoms with van der Waals surface area (Å²) in [4.78, 5) is 14.3. The molecule has 0 aromatic carbocycles. The number of pyridine rings is 1. The predicted octanol–water partition coefficient (Wildman–Crippen LogP) is 1.35. The second-order valence-electron chi connectivity index (χ2n) is 2.95. The fourth-order valence-corrected chi connectivity index (χ4v) is 0.831. The van der Waals surface area contributed by atoms with Gasteiger partial charge >= 0.3 is 5.97 Å². The molecule has 0 aliphatic heterocycles. The first-order valence-corrected chi connectivity index (χ1v) is 4.18. The number of aromatic nitrogens is 1. The van der Waals surface area contributed by atoms with Gasteiger partial charge in [0.2, 0.25) is 5.88 Å². The lowest BCUT2D eigenvalue weighted by Crippen LogP contribution is -2.24. The van der Waals surface area contributed by atoms with Crippen molar-refractivity contribution in [1.29, 1.82) is 0 Å². The number of nitrogens with zero attached hydrogens (tertiary/aromatic N) is 1. The number of carboxylic acids is 1. The van der Waals surface area contributed by atoms with E-state index in [1.807, 2.05) is 0 Å². The summed E-state index contributed by atoms with van der Waals surface area (Å²) in [5.41, 5.74) is 5.43. The fraction of sp³-hybridized carbons (Fsp3) is 0.333. The van der Waals surface area contributed by atoms with Crippen LogP contribution in [0.4, 0.5) is 0 Å². The van der Waals surface area contributed by atoms with Gasteiger partial charge in [0, 0.05) is 12.1 Å². The smallest absolute Gasteiger partial charge is 0.354 e. The van der Waals surface area contributed by atoms with Crippen LogP contribution in [0.15, 0.2) is 18.2 Å². The van der Waals surface area contributed by atoms with E-state index >= 15 is 0 Å². The molecule has 5 nitrogen and oxygen atoms in total. The molecule has 0 spiro atoms. The third-order valence-electron chi connectivity index (χ3n) is 1.44. The van der Waals surface area contributed by atoms with Crippen molar-refractivity contribution in [1.82, 2.24) is 4.98 Å². The number of ether oxygens (including phenoxy) is 1. The molecule has 0 unspecified atom stereocenters. The van der Waals surface area contributed by atoms with Gasteiger partial charge in [-0.15, -0.1) is 24.8 Å². The van der Waals surface area contributed by atoms with E-state index in [0.717, 1.165) is 0 Å².